The third-order valence-electron chi connectivity index (χ3n) is 2.24. The third kappa shape index (κ3) is 2.84. The number of likely N-dealkylation sites (tertiary alicyclic amines) is 1. The lowest BCUT2D eigenvalue weighted by Crippen LogP contribution is -2.38. The fraction of sp³-hybridized carbons (Fsp3) is 0.700. The first-order chi connectivity index (χ1) is 6.13. The van der Waals surface area contributed by atoms with Gasteiger partial charge in [-0.1, -0.05) is 20.4 Å². The van der Waals surface area contributed by atoms with Crippen molar-refractivity contribution >= 4 is 5.91 Å². The van der Waals surface area contributed by atoms with Crippen LogP contribution in [0.25, 0.3) is 0 Å². The summed E-state index contributed by atoms with van der Waals surface area (Å²) in [5.41, 5.74) is 0. The molecule has 1 fully saturated rings. The Kier molecular flexibility index (Phi) is 3.48. The molecule has 0 spiro atoms. The molecule has 0 bridgehead atoms. The maximum Gasteiger partial charge on any atom is 0.246 e. The van der Waals surface area contributed by atoms with Crippen LogP contribution in [0.1, 0.15) is 20.3 Å². The van der Waals surface area contributed by atoms with Gasteiger partial charge in [-0.25, -0.2) is 0 Å². The minimum absolute atomic E-state index is 0.0491. The van der Waals surface area contributed by atoms with Gasteiger partial charge in [-0.15, -0.1) is 0 Å². The van der Waals surface area contributed by atoms with Crippen LogP contribution in [0.15, 0.2) is 12.7 Å². The summed E-state index contributed by atoms with van der Waals surface area (Å²) in [6.45, 7) is 9.40. The zero-order valence-electron chi connectivity index (χ0n) is 8.42. The standard InChI is InChI=1S/C10H18N2O/c1-4-10(13)12-6-5-9(7-12)11-8(2)3/h4,8-9,11H,1,5-7H2,2-3H3/t9-/m1/s1. The van der Waals surface area contributed by atoms with Crippen LogP contribution < -0.4 is 5.32 Å². The number of nitrogens with zero attached hydrogens (tertiary/aromatic N) is 1. The highest BCUT2D eigenvalue weighted by Gasteiger charge is 2.24. The normalized spacial score (nSPS) is 22.4. The number of amides is 1. The van der Waals surface area contributed by atoms with Gasteiger partial charge in [-0.3, -0.25) is 4.79 Å². The predicted octanol–water partition coefficient (Wildman–Crippen LogP) is 0.771. The molecule has 3 heteroatoms. The number of carbonyl (C=O) groups excluding carboxylic acids is 1. The monoisotopic (exact) mass is 182 g/mol. The Labute approximate surface area is 79.8 Å². The molecule has 0 aromatic heterocycles. The van der Waals surface area contributed by atoms with Crippen LogP contribution in [0.4, 0.5) is 0 Å². The molecule has 0 aliphatic carbocycles. The molecule has 1 N–H and O–H groups in total. The van der Waals surface area contributed by atoms with Gasteiger partial charge in [0.25, 0.3) is 0 Å². The van der Waals surface area contributed by atoms with Crippen molar-refractivity contribution in [3.63, 3.8) is 0 Å². The molecule has 0 aromatic rings. The second kappa shape index (κ2) is 4.42. The van der Waals surface area contributed by atoms with Crippen LogP contribution in [0.5, 0.6) is 0 Å². The van der Waals surface area contributed by atoms with E-state index >= 15 is 0 Å². The van der Waals surface area contributed by atoms with E-state index in [4.69, 9.17) is 0 Å². The Morgan fingerprint density at radius 3 is 2.92 bits per heavy atom. The van der Waals surface area contributed by atoms with Crippen LogP contribution in [0.3, 0.4) is 0 Å². The molecule has 0 aromatic carbocycles. The summed E-state index contributed by atoms with van der Waals surface area (Å²) in [5, 5.41) is 3.42. The molecule has 1 amide bonds. The second-order valence-corrected chi connectivity index (χ2v) is 3.80. The van der Waals surface area contributed by atoms with E-state index in [2.05, 4.69) is 25.7 Å². The molecular formula is C10H18N2O. The largest absolute Gasteiger partial charge is 0.338 e. The molecule has 0 unspecified atom stereocenters. The summed E-state index contributed by atoms with van der Waals surface area (Å²) in [4.78, 5) is 13.1. The highest BCUT2D eigenvalue weighted by molar-refractivity contribution is 5.87. The predicted molar refractivity (Wildman–Crippen MR) is 53.5 cm³/mol. The molecule has 1 atom stereocenters. The number of nitrogens with one attached hydrogen (secondary N) is 1. The van der Waals surface area contributed by atoms with Crippen molar-refractivity contribution in [2.24, 2.45) is 0 Å². The fourth-order valence-corrected chi connectivity index (χ4v) is 1.70. The SMILES string of the molecule is C=CC(=O)N1CC[C@@H](NC(C)C)C1. The van der Waals surface area contributed by atoms with E-state index < -0.39 is 0 Å². The molecule has 1 aliphatic heterocycles. The first-order valence-corrected chi connectivity index (χ1v) is 4.81. The van der Waals surface area contributed by atoms with Gasteiger partial charge in [-0.2, -0.15) is 0 Å². The van der Waals surface area contributed by atoms with E-state index in [-0.39, 0.29) is 5.91 Å². The first-order valence-electron chi connectivity index (χ1n) is 4.81. The molecule has 3 nitrogen and oxygen atoms in total. The van der Waals surface area contributed by atoms with Crippen molar-refractivity contribution in [1.82, 2.24) is 10.2 Å². The zero-order chi connectivity index (χ0) is 9.84. The molecule has 74 valence electrons. The van der Waals surface area contributed by atoms with Crippen molar-refractivity contribution in [2.75, 3.05) is 13.1 Å². The average molecular weight is 182 g/mol. The van der Waals surface area contributed by atoms with Crippen molar-refractivity contribution in [2.45, 2.75) is 32.4 Å². The zero-order valence-corrected chi connectivity index (χ0v) is 8.42. The Balaban J connectivity index is 2.36. The highest BCUT2D eigenvalue weighted by atomic mass is 16.2. The van der Waals surface area contributed by atoms with Crippen LogP contribution in [-0.2, 0) is 4.79 Å². The van der Waals surface area contributed by atoms with Gasteiger partial charge in [0.15, 0.2) is 0 Å². The van der Waals surface area contributed by atoms with Crippen molar-refractivity contribution in [1.29, 1.82) is 0 Å². The van der Waals surface area contributed by atoms with Gasteiger partial charge >= 0.3 is 0 Å². The van der Waals surface area contributed by atoms with Gasteiger partial charge in [0.05, 0.1) is 0 Å². The Bertz CT molecular complexity index is 201. The first kappa shape index (κ1) is 10.3. The number of carbonyl (C=O) groups is 1. The van der Waals surface area contributed by atoms with Gasteiger partial charge in [-0.05, 0) is 12.5 Å². The van der Waals surface area contributed by atoms with Crippen LogP contribution in [0.2, 0.25) is 0 Å². The Morgan fingerprint density at radius 1 is 1.69 bits per heavy atom. The molecule has 1 aliphatic rings. The maximum atomic E-state index is 11.2. The topological polar surface area (TPSA) is 32.3 Å². The van der Waals surface area contributed by atoms with Gasteiger partial charge in [0.1, 0.15) is 0 Å². The van der Waals surface area contributed by atoms with Crippen LogP contribution in [0, 0.1) is 0 Å². The fourth-order valence-electron chi connectivity index (χ4n) is 1.70. The molecule has 0 saturated carbocycles. The highest BCUT2D eigenvalue weighted by Crippen LogP contribution is 2.09. The Morgan fingerprint density at radius 2 is 2.38 bits per heavy atom. The van der Waals surface area contributed by atoms with Crippen molar-refractivity contribution < 1.29 is 4.79 Å². The van der Waals surface area contributed by atoms with Gasteiger partial charge < -0.3 is 10.2 Å². The van der Waals surface area contributed by atoms with Crippen LogP contribution >= 0.6 is 0 Å². The summed E-state index contributed by atoms with van der Waals surface area (Å²) < 4.78 is 0. The number of rotatable bonds is 3. The third-order valence-corrected chi connectivity index (χ3v) is 2.24. The number of hydrogen-bond acceptors (Lipinski definition) is 2. The number of hydrogen-bond donors (Lipinski definition) is 1. The average Bonchev–Trinajstić information content (AvgIpc) is 2.50. The summed E-state index contributed by atoms with van der Waals surface area (Å²) in [6, 6.07) is 0.952. The summed E-state index contributed by atoms with van der Waals surface area (Å²) >= 11 is 0. The summed E-state index contributed by atoms with van der Waals surface area (Å²) in [5.74, 6) is 0.0491. The van der Waals surface area contributed by atoms with Crippen molar-refractivity contribution in [3.05, 3.63) is 12.7 Å². The van der Waals surface area contributed by atoms with Gasteiger partial charge in [0.2, 0.25) is 5.91 Å². The maximum absolute atomic E-state index is 11.2. The molecule has 0 radical (unpaired) electrons. The summed E-state index contributed by atoms with van der Waals surface area (Å²) in [6.07, 6.45) is 2.44. The van der Waals surface area contributed by atoms with Crippen molar-refractivity contribution in [3.8, 4) is 0 Å². The van der Waals surface area contributed by atoms with E-state index in [9.17, 15) is 4.79 Å². The van der Waals surface area contributed by atoms with Gasteiger partial charge in [0, 0.05) is 25.2 Å². The quantitative estimate of drug-likeness (QED) is 0.654. The Hall–Kier alpha value is -0.830. The second-order valence-electron chi connectivity index (χ2n) is 3.80. The molecule has 13 heavy (non-hydrogen) atoms. The molecule has 1 rings (SSSR count). The minimum Gasteiger partial charge on any atom is -0.338 e. The van der Waals surface area contributed by atoms with E-state index in [1.807, 2.05) is 4.90 Å². The van der Waals surface area contributed by atoms with E-state index in [1.54, 1.807) is 0 Å². The molecule has 1 saturated heterocycles. The lowest BCUT2D eigenvalue weighted by molar-refractivity contribution is -0.125. The van der Waals surface area contributed by atoms with E-state index in [0.29, 0.717) is 12.1 Å². The minimum atomic E-state index is 0.0491. The summed E-state index contributed by atoms with van der Waals surface area (Å²) in [7, 11) is 0. The molecular weight excluding hydrogens is 164 g/mol. The van der Waals surface area contributed by atoms with E-state index in [1.165, 1.54) is 6.08 Å². The molecule has 1 heterocycles. The lowest BCUT2D eigenvalue weighted by Gasteiger charge is -2.17. The lowest BCUT2D eigenvalue weighted by atomic mass is 10.2. The van der Waals surface area contributed by atoms with E-state index in [0.717, 1.165) is 19.5 Å². The van der Waals surface area contributed by atoms with Crippen LogP contribution in [-0.4, -0.2) is 36.0 Å². The smallest absolute Gasteiger partial charge is 0.246 e.